The van der Waals surface area contributed by atoms with Crippen LogP contribution in [0.2, 0.25) is 0 Å². The summed E-state index contributed by atoms with van der Waals surface area (Å²) < 4.78 is 12.3. The Morgan fingerprint density at radius 3 is 2.69 bits per heavy atom. The number of rotatable bonds is 10. The maximum absolute atomic E-state index is 12.8. The van der Waals surface area contributed by atoms with Crippen molar-refractivity contribution >= 4 is 46.0 Å². The first-order valence-electron chi connectivity index (χ1n) is 13.6. The van der Waals surface area contributed by atoms with Crippen LogP contribution in [0.4, 0.5) is 5.00 Å². The number of nitrogens with zero attached hydrogens (tertiary/aromatic N) is 4. The van der Waals surface area contributed by atoms with Gasteiger partial charge in [-0.05, 0) is 59.9 Å². The van der Waals surface area contributed by atoms with Crippen LogP contribution in [0, 0.1) is 22.7 Å². The lowest BCUT2D eigenvalue weighted by Crippen LogP contribution is -2.26. The van der Waals surface area contributed by atoms with Crippen molar-refractivity contribution in [1.29, 1.82) is 5.26 Å². The van der Waals surface area contributed by atoms with Crippen LogP contribution in [-0.4, -0.2) is 46.6 Å². The van der Waals surface area contributed by atoms with Crippen LogP contribution < -0.4 is 20.1 Å². The predicted molar refractivity (Wildman–Crippen MR) is 165 cm³/mol. The van der Waals surface area contributed by atoms with E-state index in [4.69, 9.17) is 9.47 Å². The second kappa shape index (κ2) is 13.4. The highest BCUT2D eigenvalue weighted by atomic mass is 32.2. The van der Waals surface area contributed by atoms with E-state index in [0.717, 1.165) is 30.4 Å². The van der Waals surface area contributed by atoms with Crippen molar-refractivity contribution in [2.24, 2.45) is 18.4 Å². The molecule has 0 fully saturated rings. The van der Waals surface area contributed by atoms with Gasteiger partial charge in [0, 0.05) is 18.0 Å². The monoisotopic (exact) mass is 608 g/mol. The van der Waals surface area contributed by atoms with Crippen LogP contribution in [0.1, 0.15) is 54.6 Å². The first-order chi connectivity index (χ1) is 20.0. The molecule has 2 amide bonds. The van der Waals surface area contributed by atoms with Gasteiger partial charge in [-0.2, -0.15) is 5.26 Å². The van der Waals surface area contributed by atoms with E-state index in [2.05, 4.69) is 47.7 Å². The average Bonchev–Trinajstić information content (AvgIpc) is 3.50. The largest absolute Gasteiger partial charge is 0.493 e. The molecule has 2 N–H and O–H groups in total. The molecule has 222 valence electrons. The molecule has 2 heterocycles. The normalized spacial score (nSPS) is 14.7. The van der Waals surface area contributed by atoms with E-state index in [0.29, 0.717) is 39.0 Å². The summed E-state index contributed by atoms with van der Waals surface area (Å²) in [5.41, 5.74) is 2.67. The van der Waals surface area contributed by atoms with E-state index < -0.39 is 0 Å². The highest BCUT2D eigenvalue weighted by molar-refractivity contribution is 7.99. The number of hydrogen-bond donors (Lipinski definition) is 2. The van der Waals surface area contributed by atoms with Crippen LogP contribution in [-0.2, 0) is 36.0 Å². The molecular weight excluding hydrogens is 573 g/mol. The lowest BCUT2D eigenvalue weighted by Gasteiger charge is -2.33. The van der Waals surface area contributed by atoms with Crippen molar-refractivity contribution in [3.8, 4) is 17.6 Å². The highest BCUT2D eigenvalue weighted by Crippen LogP contribution is 2.44. The standard InChI is InChI=1S/C30H36N6O4S2/c1-30(2,3)19-9-10-20-21(15-31)28(42-24(20)14-19)33-27(38)17-41-29-35-34-25(36(29)4)16-32-26(37)12-8-18-7-11-22(39-5)23(13-18)40-6/h7-8,11-13,19H,9-10,14,16-17H2,1-6H3,(H,32,37)(H,33,38). The molecule has 0 saturated heterocycles. The maximum atomic E-state index is 12.8. The summed E-state index contributed by atoms with van der Waals surface area (Å²) in [5.74, 6) is 1.91. The molecule has 0 bridgehead atoms. The molecule has 1 unspecified atom stereocenters. The second-order valence-corrected chi connectivity index (χ2v) is 13.1. The van der Waals surface area contributed by atoms with Crippen LogP contribution in [0.25, 0.3) is 6.08 Å². The van der Waals surface area contributed by atoms with Crippen LogP contribution >= 0.6 is 23.1 Å². The van der Waals surface area contributed by atoms with Crippen molar-refractivity contribution in [3.63, 3.8) is 0 Å². The van der Waals surface area contributed by atoms with Crippen molar-refractivity contribution < 1.29 is 19.1 Å². The molecule has 1 aliphatic carbocycles. The van der Waals surface area contributed by atoms with Crippen molar-refractivity contribution in [3.05, 3.63) is 51.7 Å². The number of fused-ring (bicyclic) bond motifs is 1. The fraction of sp³-hybridized carbons (Fsp3) is 0.433. The van der Waals surface area contributed by atoms with Crippen LogP contribution in [0.15, 0.2) is 29.4 Å². The van der Waals surface area contributed by atoms with Gasteiger partial charge in [0.1, 0.15) is 11.1 Å². The number of carbonyl (C=O) groups excluding carboxylic acids is 2. The van der Waals surface area contributed by atoms with Crippen molar-refractivity contribution in [2.45, 2.75) is 51.7 Å². The predicted octanol–water partition coefficient (Wildman–Crippen LogP) is 4.98. The van der Waals surface area contributed by atoms with E-state index in [1.165, 1.54) is 34.1 Å². The zero-order valence-corrected chi connectivity index (χ0v) is 26.4. The van der Waals surface area contributed by atoms with Crippen LogP contribution in [0.5, 0.6) is 11.5 Å². The highest BCUT2D eigenvalue weighted by Gasteiger charge is 2.32. The first-order valence-corrected chi connectivity index (χ1v) is 15.4. The molecule has 3 aromatic rings. The fourth-order valence-corrected chi connectivity index (χ4v) is 6.83. The van der Waals surface area contributed by atoms with Gasteiger partial charge in [-0.1, -0.05) is 38.6 Å². The number of hydrogen-bond acceptors (Lipinski definition) is 9. The summed E-state index contributed by atoms with van der Waals surface area (Å²) in [6.45, 7) is 6.94. The Balaban J connectivity index is 1.29. The van der Waals surface area contributed by atoms with Gasteiger partial charge >= 0.3 is 0 Å². The number of benzene rings is 1. The molecule has 0 saturated carbocycles. The molecule has 1 aromatic carbocycles. The lowest BCUT2D eigenvalue weighted by molar-refractivity contribution is -0.116. The third-order valence-corrected chi connectivity index (χ3v) is 9.56. The Bertz CT molecular complexity index is 1530. The van der Waals surface area contributed by atoms with Gasteiger partial charge < -0.3 is 24.7 Å². The fourth-order valence-electron chi connectivity index (χ4n) is 4.80. The average molecular weight is 609 g/mol. The Hall–Kier alpha value is -3.82. The summed E-state index contributed by atoms with van der Waals surface area (Å²) in [6.07, 6.45) is 5.96. The van der Waals surface area contributed by atoms with E-state index in [-0.39, 0.29) is 29.5 Å². The molecule has 0 aliphatic heterocycles. The molecule has 0 radical (unpaired) electrons. The Kier molecular flexibility index (Phi) is 9.96. The first kappa shape index (κ1) is 31.1. The van der Waals surface area contributed by atoms with E-state index in [1.54, 1.807) is 44.0 Å². The van der Waals surface area contributed by atoms with E-state index in [1.807, 2.05) is 6.07 Å². The summed E-state index contributed by atoms with van der Waals surface area (Å²) in [4.78, 5) is 26.4. The van der Waals surface area contributed by atoms with Gasteiger partial charge in [-0.25, -0.2) is 0 Å². The number of nitrogens with one attached hydrogen (secondary N) is 2. The Morgan fingerprint density at radius 1 is 1.24 bits per heavy atom. The lowest BCUT2D eigenvalue weighted by atomic mass is 9.72. The number of thioether (sulfide) groups is 1. The summed E-state index contributed by atoms with van der Waals surface area (Å²) >= 11 is 2.77. The van der Waals surface area contributed by atoms with E-state index >= 15 is 0 Å². The number of aromatic nitrogens is 3. The number of amides is 2. The van der Waals surface area contributed by atoms with Gasteiger partial charge in [0.2, 0.25) is 11.8 Å². The van der Waals surface area contributed by atoms with Gasteiger partial charge in [0.05, 0.1) is 32.1 Å². The number of carbonyl (C=O) groups is 2. The summed E-state index contributed by atoms with van der Waals surface area (Å²) in [5, 5.41) is 25.1. The third kappa shape index (κ3) is 7.33. The number of methoxy groups -OCH3 is 2. The zero-order valence-electron chi connectivity index (χ0n) is 24.7. The minimum atomic E-state index is -0.290. The molecule has 4 rings (SSSR count). The van der Waals surface area contributed by atoms with Gasteiger partial charge in [0.25, 0.3) is 0 Å². The summed E-state index contributed by atoms with van der Waals surface area (Å²) in [6, 6.07) is 7.69. The topological polar surface area (TPSA) is 131 Å². The zero-order chi connectivity index (χ0) is 30.4. The third-order valence-electron chi connectivity index (χ3n) is 7.37. The smallest absolute Gasteiger partial charge is 0.244 e. The summed E-state index contributed by atoms with van der Waals surface area (Å²) in [7, 11) is 4.91. The SMILES string of the molecule is COc1ccc(C=CC(=O)NCc2nnc(SCC(=O)Nc3sc4c(c3C#N)CCC(C(C)(C)C)C4)n2C)cc1OC. The Labute approximate surface area is 254 Å². The molecule has 1 aliphatic rings. The molecule has 1 atom stereocenters. The van der Waals surface area contributed by atoms with Crippen molar-refractivity contribution in [1.82, 2.24) is 20.1 Å². The van der Waals surface area contributed by atoms with Gasteiger partial charge in [-0.15, -0.1) is 21.5 Å². The minimum Gasteiger partial charge on any atom is -0.493 e. The van der Waals surface area contributed by atoms with Gasteiger partial charge in [-0.3, -0.25) is 9.59 Å². The van der Waals surface area contributed by atoms with Gasteiger partial charge in [0.15, 0.2) is 22.5 Å². The number of thiophene rings is 1. The number of ether oxygens (including phenoxy) is 2. The quantitative estimate of drug-likeness (QED) is 0.244. The number of anilines is 1. The molecule has 0 spiro atoms. The molecule has 2 aromatic heterocycles. The van der Waals surface area contributed by atoms with Crippen molar-refractivity contribution in [2.75, 3.05) is 25.3 Å². The molecule has 42 heavy (non-hydrogen) atoms. The number of nitriles is 1. The van der Waals surface area contributed by atoms with E-state index in [9.17, 15) is 14.9 Å². The Morgan fingerprint density at radius 2 is 2.00 bits per heavy atom. The second-order valence-electron chi connectivity index (χ2n) is 11.1. The molecule has 10 nitrogen and oxygen atoms in total. The molecular formula is C30H36N6O4S2. The maximum Gasteiger partial charge on any atom is 0.244 e. The van der Waals surface area contributed by atoms with Crippen LogP contribution in [0.3, 0.4) is 0 Å². The molecule has 12 heteroatoms. The minimum absolute atomic E-state index is 0.116.